The van der Waals surface area contributed by atoms with Crippen LogP contribution in [0.2, 0.25) is 0 Å². The van der Waals surface area contributed by atoms with E-state index in [1.54, 1.807) is 13.0 Å². The summed E-state index contributed by atoms with van der Waals surface area (Å²) in [5.41, 5.74) is 0.863. The summed E-state index contributed by atoms with van der Waals surface area (Å²) >= 11 is 0. The van der Waals surface area contributed by atoms with Crippen LogP contribution in [0.1, 0.15) is 12.5 Å². The van der Waals surface area contributed by atoms with E-state index < -0.39 is 6.10 Å². The topological polar surface area (TPSA) is 29.5 Å². The van der Waals surface area contributed by atoms with E-state index in [-0.39, 0.29) is 0 Å². The lowest BCUT2D eigenvalue weighted by molar-refractivity contribution is 0.253. The molecule has 0 saturated heterocycles. The van der Waals surface area contributed by atoms with Crippen molar-refractivity contribution in [2.24, 2.45) is 0 Å². The largest absolute Gasteiger partial charge is 0.490 e. The Hall–Kier alpha value is -1.72. The Morgan fingerprint density at radius 3 is 2.67 bits per heavy atom. The molecule has 0 bridgehead atoms. The van der Waals surface area contributed by atoms with Crippen LogP contribution in [0.5, 0.6) is 5.75 Å². The van der Waals surface area contributed by atoms with Crippen LogP contribution in [0.4, 0.5) is 0 Å². The van der Waals surface area contributed by atoms with Gasteiger partial charge in [0.2, 0.25) is 0 Å². The van der Waals surface area contributed by atoms with Gasteiger partial charge < -0.3 is 9.84 Å². The van der Waals surface area contributed by atoms with Crippen molar-refractivity contribution in [2.75, 3.05) is 6.61 Å². The lowest BCUT2D eigenvalue weighted by atomic mass is 10.2. The van der Waals surface area contributed by atoms with E-state index in [4.69, 9.17) is 9.84 Å². The average molecular weight is 202 g/mol. The van der Waals surface area contributed by atoms with E-state index in [1.165, 1.54) is 0 Å². The zero-order chi connectivity index (χ0) is 11.1. The molecule has 0 spiro atoms. The van der Waals surface area contributed by atoms with Gasteiger partial charge in [-0.05, 0) is 31.2 Å². The van der Waals surface area contributed by atoms with Crippen LogP contribution in [0.3, 0.4) is 0 Å². The van der Waals surface area contributed by atoms with Crippen LogP contribution in [-0.4, -0.2) is 17.8 Å². The molecule has 0 radical (unpaired) electrons. The first-order valence-corrected chi connectivity index (χ1v) is 4.75. The molecule has 0 aliphatic rings. The highest BCUT2D eigenvalue weighted by molar-refractivity contribution is 5.38. The lowest BCUT2D eigenvalue weighted by Crippen LogP contribution is -1.93. The summed E-state index contributed by atoms with van der Waals surface area (Å²) in [5, 5.41) is 8.98. The second kappa shape index (κ2) is 5.90. The summed E-state index contributed by atoms with van der Waals surface area (Å²) in [5.74, 6) is 6.31. The molecule has 2 heteroatoms. The smallest absolute Gasteiger partial charge is 0.119 e. The van der Waals surface area contributed by atoms with Crippen molar-refractivity contribution in [2.45, 2.75) is 13.0 Å². The fraction of sp³-hybridized carbons (Fsp3) is 0.231. The van der Waals surface area contributed by atoms with E-state index in [1.807, 2.05) is 24.3 Å². The Kier molecular flexibility index (Phi) is 4.46. The highest BCUT2D eigenvalue weighted by Crippen LogP contribution is 2.11. The van der Waals surface area contributed by atoms with Gasteiger partial charge in [-0.3, -0.25) is 0 Å². The fourth-order valence-corrected chi connectivity index (χ4v) is 0.977. The maximum Gasteiger partial charge on any atom is 0.119 e. The first-order chi connectivity index (χ1) is 7.22. The molecular weight excluding hydrogens is 188 g/mol. The van der Waals surface area contributed by atoms with Gasteiger partial charge in [0, 0.05) is 5.56 Å². The molecule has 15 heavy (non-hydrogen) atoms. The van der Waals surface area contributed by atoms with E-state index in [0.29, 0.717) is 6.61 Å². The second-order valence-electron chi connectivity index (χ2n) is 3.07. The summed E-state index contributed by atoms with van der Waals surface area (Å²) in [6.07, 6.45) is 1.10. The minimum absolute atomic E-state index is 0.499. The highest BCUT2D eigenvalue weighted by atomic mass is 16.5. The van der Waals surface area contributed by atoms with Crippen molar-refractivity contribution in [1.29, 1.82) is 0 Å². The number of benzene rings is 1. The van der Waals surface area contributed by atoms with Crippen LogP contribution in [0.15, 0.2) is 36.9 Å². The minimum Gasteiger partial charge on any atom is -0.490 e. The Morgan fingerprint density at radius 1 is 1.47 bits per heavy atom. The predicted octanol–water partition coefficient (Wildman–Crippen LogP) is 1.98. The van der Waals surface area contributed by atoms with Crippen LogP contribution < -0.4 is 4.74 Å². The molecule has 0 aliphatic carbocycles. The molecule has 1 aromatic rings. The maximum absolute atomic E-state index is 8.98. The van der Waals surface area contributed by atoms with Crippen molar-refractivity contribution >= 4 is 0 Å². The fourth-order valence-electron chi connectivity index (χ4n) is 0.977. The van der Waals surface area contributed by atoms with Crippen LogP contribution in [-0.2, 0) is 0 Å². The third-order valence-electron chi connectivity index (χ3n) is 1.65. The van der Waals surface area contributed by atoms with Crippen molar-refractivity contribution < 1.29 is 9.84 Å². The molecule has 0 saturated carbocycles. The lowest BCUT2D eigenvalue weighted by Gasteiger charge is -2.01. The normalized spacial score (nSPS) is 11.1. The number of hydrogen-bond acceptors (Lipinski definition) is 2. The number of rotatable bonds is 3. The third kappa shape index (κ3) is 4.35. The van der Waals surface area contributed by atoms with Gasteiger partial charge in [-0.1, -0.05) is 24.5 Å². The van der Waals surface area contributed by atoms with E-state index in [0.717, 1.165) is 11.3 Å². The van der Waals surface area contributed by atoms with Crippen molar-refractivity contribution in [3.05, 3.63) is 42.5 Å². The van der Waals surface area contributed by atoms with Crippen molar-refractivity contribution in [1.82, 2.24) is 0 Å². The van der Waals surface area contributed by atoms with Gasteiger partial charge in [-0.25, -0.2) is 0 Å². The molecule has 0 aromatic heterocycles. The Balaban J connectivity index is 2.65. The Morgan fingerprint density at radius 2 is 2.13 bits per heavy atom. The monoisotopic (exact) mass is 202 g/mol. The van der Waals surface area contributed by atoms with Gasteiger partial charge in [0.05, 0.1) is 0 Å². The van der Waals surface area contributed by atoms with Gasteiger partial charge in [0.15, 0.2) is 0 Å². The standard InChI is InChI=1S/C13H14O2/c1-3-10-15-13-8-6-12(7-9-13)5-4-11(2)14/h3,6-9,11,14H,1,10H2,2H3. The zero-order valence-electron chi connectivity index (χ0n) is 8.73. The van der Waals surface area contributed by atoms with Gasteiger partial charge >= 0.3 is 0 Å². The maximum atomic E-state index is 8.98. The Labute approximate surface area is 90.2 Å². The van der Waals surface area contributed by atoms with Gasteiger partial charge in [-0.15, -0.1) is 0 Å². The summed E-state index contributed by atoms with van der Waals surface area (Å²) in [6, 6.07) is 7.40. The average Bonchev–Trinajstić information content (AvgIpc) is 2.25. The molecular formula is C13H14O2. The minimum atomic E-state index is -0.596. The third-order valence-corrected chi connectivity index (χ3v) is 1.65. The van der Waals surface area contributed by atoms with Crippen LogP contribution >= 0.6 is 0 Å². The molecule has 1 N–H and O–H groups in total. The molecule has 2 nitrogen and oxygen atoms in total. The zero-order valence-corrected chi connectivity index (χ0v) is 8.73. The first kappa shape index (κ1) is 11.4. The van der Waals surface area contributed by atoms with E-state index >= 15 is 0 Å². The number of hydrogen-bond donors (Lipinski definition) is 1. The summed E-state index contributed by atoms with van der Waals surface area (Å²) in [7, 11) is 0. The predicted molar refractivity (Wildman–Crippen MR) is 60.7 cm³/mol. The summed E-state index contributed by atoms with van der Waals surface area (Å²) in [6.45, 7) is 5.70. The molecule has 0 fully saturated rings. The quantitative estimate of drug-likeness (QED) is 0.600. The number of ether oxygens (including phenoxy) is 1. The second-order valence-corrected chi connectivity index (χ2v) is 3.07. The van der Waals surface area contributed by atoms with Gasteiger partial charge in [0.1, 0.15) is 18.5 Å². The van der Waals surface area contributed by atoms with E-state index in [9.17, 15) is 0 Å². The molecule has 1 rings (SSSR count). The van der Waals surface area contributed by atoms with Gasteiger partial charge in [-0.2, -0.15) is 0 Å². The summed E-state index contributed by atoms with van der Waals surface area (Å²) in [4.78, 5) is 0. The molecule has 1 atom stereocenters. The van der Waals surface area contributed by atoms with E-state index in [2.05, 4.69) is 18.4 Å². The van der Waals surface area contributed by atoms with Gasteiger partial charge in [0.25, 0.3) is 0 Å². The first-order valence-electron chi connectivity index (χ1n) is 4.75. The molecule has 0 aliphatic heterocycles. The molecule has 0 amide bonds. The van der Waals surface area contributed by atoms with Crippen LogP contribution in [0.25, 0.3) is 0 Å². The highest BCUT2D eigenvalue weighted by Gasteiger charge is 1.92. The molecule has 0 heterocycles. The Bertz CT molecular complexity index is 366. The number of aliphatic hydroxyl groups excluding tert-OH is 1. The summed E-state index contributed by atoms with van der Waals surface area (Å²) < 4.78 is 5.32. The number of aliphatic hydroxyl groups is 1. The molecule has 1 aromatic carbocycles. The van der Waals surface area contributed by atoms with Crippen molar-refractivity contribution in [3.63, 3.8) is 0 Å². The molecule has 78 valence electrons. The van der Waals surface area contributed by atoms with Crippen LogP contribution in [0, 0.1) is 11.8 Å². The van der Waals surface area contributed by atoms with Crippen molar-refractivity contribution in [3.8, 4) is 17.6 Å². The molecule has 1 unspecified atom stereocenters. The SMILES string of the molecule is C=CCOc1ccc(C#CC(C)O)cc1.